The Kier molecular flexibility index (Phi) is 4.10. The molecule has 2 aromatic carbocycles. The number of methoxy groups -OCH3 is 1. The number of aryl methyl sites for hydroxylation is 1. The van der Waals surface area contributed by atoms with E-state index in [2.05, 4.69) is 11.4 Å². The predicted molar refractivity (Wildman–Crippen MR) is 90.4 cm³/mol. The number of rotatable bonds is 5. The summed E-state index contributed by atoms with van der Waals surface area (Å²) in [4.78, 5) is 13.2. The van der Waals surface area contributed by atoms with Gasteiger partial charge in [-0.05, 0) is 36.6 Å². The van der Waals surface area contributed by atoms with Crippen LogP contribution in [0.15, 0.2) is 36.4 Å². The lowest BCUT2D eigenvalue weighted by atomic mass is 10.1. The Hall–Kier alpha value is -2.69. The number of fused-ring (bicyclic) bond motifs is 1. The molecule has 1 amide bonds. The van der Waals surface area contributed by atoms with Crippen molar-refractivity contribution in [3.8, 4) is 11.5 Å². The molecule has 0 fully saturated rings. The van der Waals surface area contributed by atoms with E-state index in [4.69, 9.17) is 4.74 Å². The molecule has 2 aromatic rings. The van der Waals surface area contributed by atoms with Crippen LogP contribution in [0.2, 0.25) is 0 Å². The third kappa shape index (κ3) is 2.82. The summed E-state index contributed by atoms with van der Waals surface area (Å²) in [6.45, 7) is 2.56. The first-order valence-corrected chi connectivity index (χ1v) is 7.57. The fourth-order valence-corrected chi connectivity index (χ4v) is 3.05. The van der Waals surface area contributed by atoms with E-state index in [1.54, 1.807) is 17.0 Å². The van der Waals surface area contributed by atoms with Gasteiger partial charge in [0.05, 0.1) is 13.2 Å². The van der Waals surface area contributed by atoms with Crippen LogP contribution < -0.4 is 15.0 Å². The van der Waals surface area contributed by atoms with Crippen molar-refractivity contribution in [2.45, 2.75) is 19.4 Å². The Balaban J connectivity index is 1.75. The van der Waals surface area contributed by atoms with Crippen molar-refractivity contribution in [1.82, 2.24) is 0 Å². The molecule has 0 saturated carbocycles. The molecular weight excluding hydrogens is 292 g/mol. The van der Waals surface area contributed by atoms with Gasteiger partial charge in [-0.25, -0.2) is 0 Å². The van der Waals surface area contributed by atoms with Crippen LogP contribution in [0.4, 0.5) is 11.4 Å². The van der Waals surface area contributed by atoms with E-state index >= 15 is 0 Å². The van der Waals surface area contributed by atoms with Crippen LogP contribution >= 0.6 is 0 Å². The van der Waals surface area contributed by atoms with Crippen LogP contribution in [0, 0.1) is 6.92 Å². The van der Waals surface area contributed by atoms with Gasteiger partial charge in [0, 0.05) is 24.0 Å². The Morgan fingerprint density at radius 2 is 2.17 bits per heavy atom. The van der Waals surface area contributed by atoms with Crippen LogP contribution in [0.3, 0.4) is 0 Å². The van der Waals surface area contributed by atoms with E-state index in [1.807, 2.05) is 25.1 Å². The Morgan fingerprint density at radius 1 is 1.39 bits per heavy atom. The van der Waals surface area contributed by atoms with Gasteiger partial charge in [-0.2, -0.15) is 0 Å². The van der Waals surface area contributed by atoms with Gasteiger partial charge in [0.2, 0.25) is 6.41 Å². The molecule has 0 bridgehead atoms. The maximum Gasteiger partial charge on any atom is 0.214 e. The van der Waals surface area contributed by atoms with Gasteiger partial charge < -0.3 is 20.1 Å². The van der Waals surface area contributed by atoms with Gasteiger partial charge in [0.1, 0.15) is 0 Å². The number of carbonyl (C=O) groups is 1. The molecule has 0 saturated heterocycles. The summed E-state index contributed by atoms with van der Waals surface area (Å²) in [5.74, 6) is 0.554. The second-order valence-corrected chi connectivity index (χ2v) is 5.72. The first-order chi connectivity index (χ1) is 11.1. The minimum absolute atomic E-state index is 0.0635. The van der Waals surface area contributed by atoms with Crippen LogP contribution in [0.5, 0.6) is 11.5 Å². The third-order valence-electron chi connectivity index (χ3n) is 4.29. The first-order valence-electron chi connectivity index (χ1n) is 7.57. The molecule has 0 radical (unpaired) electrons. The number of carbonyl (C=O) groups excluding carboxylic acids is 1. The average Bonchev–Trinajstić information content (AvgIpc) is 2.92. The number of aromatic hydroxyl groups is 1. The lowest BCUT2D eigenvalue weighted by molar-refractivity contribution is -0.107. The van der Waals surface area contributed by atoms with Crippen molar-refractivity contribution >= 4 is 17.8 Å². The standard InChI is InChI=1S/C18H20N2O3/c1-12-7-18(23-2)17(22)9-15(12)19-10-14-8-13-5-3-4-6-16(13)20(14)11-21/h3-7,9,11,14,19,22H,8,10H2,1-2H3. The number of hydrogen-bond donors (Lipinski definition) is 2. The van der Waals surface area contributed by atoms with Crippen molar-refractivity contribution < 1.29 is 14.6 Å². The molecule has 0 aromatic heterocycles. The van der Waals surface area contributed by atoms with E-state index in [0.717, 1.165) is 29.8 Å². The van der Waals surface area contributed by atoms with Crippen LogP contribution in [-0.2, 0) is 11.2 Å². The molecular formula is C18H20N2O3. The molecule has 120 valence electrons. The highest BCUT2D eigenvalue weighted by molar-refractivity contribution is 5.81. The number of para-hydroxylation sites is 1. The topological polar surface area (TPSA) is 61.8 Å². The third-order valence-corrected chi connectivity index (χ3v) is 4.29. The van der Waals surface area contributed by atoms with E-state index in [1.165, 1.54) is 12.7 Å². The van der Waals surface area contributed by atoms with E-state index in [9.17, 15) is 9.90 Å². The zero-order valence-electron chi connectivity index (χ0n) is 13.2. The van der Waals surface area contributed by atoms with E-state index in [0.29, 0.717) is 12.3 Å². The minimum Gasteiger partial charge on any atom is -0.504 e. The molecule has 5 nitrogen and oxygen atoms in total. The molecule has 1 aliphatic rings. The maximum atomic E-state index is 11.4. The normalized spacial score (nSPS) is 16.1. The lowest BCUT2D eigenvalue weighted by Crippen LogP contribution is -2.36. The summed E-state index contributed by atoms with van der Waals surface area (Å²) in [5, 5.41) is 13.2. The Bertz CT molecular complexity index is 730. The molecule has 23 heavy (non-hydrogen) atoms. The van der Waals surface area contributed by atoms with Gasteiger partial charge >= 0.3 is 0 Å². The highest BCUT2D eigenvalue weighted by Crippen LogP contribution is 2.33. The van der Waals surface area contributed by atoms with E-state index in [-0.39, 0.29) is 11.8 Å². The van der Waals surface area contributed by atoms with Gasteiger partial charge in [-0.3, -0.25) is 4.79 Å². The zero-order chi connectivity index (χ0) is 16.4. The summed E-state index contributed by atoms with van der Waals surface area (Å²) in [6.07, 6.45) is 1.71. The smallest absolute Gasteiger partial charge is 0.214 e. The number of anilines is 2. The predicted octanol–water partition coefficient (Wildman–Crippen LogP) is 2.71. The molecule has 1 heterocycles. The molecule has 0 aliphatic carbocycles. The van der Waals surface area contributed by atoms with Crippen molar-refractivity contribution in [2.24, 2.45) is 0 Å². The number of benzene rings is 2. The number of phenolic OH excluding ortho intramolecular Hbond substituents is 1. The minimum atomic E-state index is 0.0635. The molecule has 1 unspecified atom stereocenters. The Labute approximate surface area is 135 Å². The second kappa shape index (κ2) is 6.20. The monoisotopic (exact) mass is 312 g/mol. The van der Waals surface area contributed by atoms with Crippen molar-refractivity contribution in [3.63, 3.8) is 0 Å². The number of ether oxygens (including phenoxy) is 1. The molecule has 2 N–H and O–H groups in total. The number of hydrogen-bond acceptors (Lipinski definition) is 4. The number of nitrogens with one attached hydrogen (secondary N) is 1. The van der Waals surface area contributed by atoms with Gasteiger partial charge in [-0.15, -0.1) is 0 Å². The molecule has 5 heteroatoms. The van der Waals surface area contributed by atoms with Crippen molar-refractivity contribution in [2.75, 3.05) is 23.9 Å². The number of amides is 1. The quantitative estimate of drug-likeness (QED) is 0.833. The van der Waals surface area contributed by atoms with Gasteiger partial charge in [0.15, 0.2) is 11.5 Å². The van der Waals surface area contributed by atoms with Gasteiger partial charge in [-0.1, -0.05) is 18.2 Å². The van der Waals surface area contributed by atoms with Crippen molar-refractivity contribution in [1.29, 1.82) is 0 Å². The highest BCUT2D eigenvalue weighted by Gasteiger charge is 2.28. The summed E-state index contributed by atoms with van der Waals surface area (Å²) in [6, 6.07) is 11.5. The Morgan fingerprint density at radius 3 is 2.91 bits per heavy atom. The highest BCUT2D eigenvalue weighted by atomic mass is 16.5. The summed E-state index contributed by atoms with van der Waals surface area (Å²) in [7, 11) is 1.53. The fraction of sp³-hybridized carbons (Fsp3) is 0.278. The van der Waals surface area contributed by atoms with Crippen LogP contribution in [0.25, 0.3) is 0 Å². The van der Waals surface area contributed by atoms with Crippen LogP contribution in [-0.4, -0.2) is 31.2 Å². The molecule has 3 rings (SSSR count). The van der Waals surface area contributed by atoms with E-state index < -0.39 is 0 Å². The van der Waals surface area contributed by atoms with Crippen molar-refractivity contribution in [3.05, 3.63) is 47.5 Å². The second-order valence-electron chi connectivity index (χ2n) is 5.72. The van der Waals surface area contributed by atoms with Crippen LogP contribution in [0.1, 0.15) is 11.1 Å². The maximum absolute atomic E-state index is 11.4. The first kappa shape index (κ1) is 15.2. The average molecular weight is 312 g/mol. The summed E-state index contributed by atoms with van der Waals surface area (Å²) in [5.41, 5.74) is 3.97. The summed E-state index contributed by atoms with van der Waals surface area (Å²) >= 11 is 0. The molecule has 1 atom stereocenters. The number of phenols is 1. The summed E-state index contributed by atoms with van der Waals surface area (Å²) < 4.78 is 5.10. The molecule has 1 aliphatic heterocycles. The fourth-order valence-electron chi connectivity index (χ4n) is 3.05. The number of nitrogens with zero attached hydrogens (tertiary/aromatic N) is 1. The largest absolute Gasteiger partial charge is 0.504 e. The SMILES string of the molecule is COc1cc(C)c(NCC2Cc3ccccc3N2C=O)cc1O. The lowest BCUT2D eigenvalue weighted by Gasteiger charge is -2.22. The zero-order valence-corrected chi connectivity index (χ0v) is 13.2. The van der Waals surface area contributed by atoms with Gasteiger partial charge in [0.25, 0.3) is 0 Å². The molecule has 0 spiro atoms.